The van der Waals surface area contributed by atoms with Crippen LogP contribution in [-0.4, -0.2) is 4.57 Å². The molecular weight excluding hydrogens is 693 g/mol. The molecule has 0 saturated carbocycles. The van der Waals surface area contributed by atoms with E-state index >= 15 is 0 Å². The molecule has 0 aliphatic heterocycles. The van der Waals surface area contributed by atoms with Crippen LogP contribution >= 0.6 is 0 Å². The van der Waals surface area contributed by atoms with E-state index in [4.69, 9.17) is 4.42 Å². The molecule has 3 nitrogen and oxygen atoms in total. The van der Waals surface area contributed by atoms with Gasteiger partial charge in [0.1, 0.15) is 11.2 Å². The van der Waals surface area contributed by atoms with Crippen LogP contribution in [0.25, 0.3) is 82.8 Å². The summed E-state index contributed by atoms with van der Waals surface area (Å²) in [5, 5.41) is 4.57. The van der Waals surface area contributed by atoms with Crippen molar-refractivity contribution in [3.05, 3.63) is 218 Å². The first-order valence-electron chi connectivity index (χ1n) is 19.4. The number of aromatic nitrogens is 1. The molecule has 11 aromatic rings. The van der Waals surface area contributed by atoms with Gasteiger partial charge in [-0.2, -0.15) is 0 Å². The standard InChI is InChI=1S/C54H36N2O/c1-4-17-37(18-5-1)39-21-14-25-42(35-39)55(43-26-15-22-40(36-43)38-19-6-2-7-20-38)50-34-33-45(47-30-16-29-46-44-27-11-13-32-51(44)57-54(46)47)53-52(50)48-28-10-12-31-49(48)56(53)41-23-8-3-9-24-41/h1-36H. The number of rotatable bonds is 7. The molecule has 0 spiro atoms. The van der Waals surface area contributed by atoms with Gasteiger partial charge in [0.25, 0.3) is 0 Å². The van der Waals surface area contributed by atoms with Crippen LogP contribution in [0, 0.1) is 0 Å². The Balaban J connectivity index is 1.26. The lowest BCUT2D eigenvalue weighted by Crippen LogP contribution is -2.11. The summed E-state index contributed by atoms with van der Waals surface area (Å²) in [6.07, 6.45) is 0. The average Bonchev–Trinajstić information content (AvgIpc) is 3.85. The predicted molar refractivity (Wildman–Crippen MR) is 239 cm³/mol. The third-order valence-electron chi connectivity index (χ3n) is 11.2. The van der Waals surface area contributed by atoms with E-state index in [0.717, 1.165) is 83.4 Å². The largest absolute Gasteiger partial charge is 0.455 e. The zero-order valence-electron chi connectivity index (χ0n) is 31.1. The summed E-state index contributed by atoms with van der Waals surface area (Å²) >= 11 is 0. The predicted octanol–water partition coefficient (Wildman–Crippen LogP) is 15.2. The van der Waals surface area contributed by atoms with Gasteiger partial charge in [0.15, 0.2) is 0 Å². The van der Waals surface area contributed by atoms with Crippen LogP contribution in [-0.2, 0) is 0 Å². The van der Waals surface area contributed by atoms with Crippen molar-refractivity contribution in [2.45, 2.75) is 0 Å². The molecule has 0 aliphatic carbocycles. The van der Waals surface area contributed by atoms with Gasteiger partial charge in [-0.3, -0.25) is 0 Å². The van der Waals surface area contributed by atoms with Crippen molar-refractivity contribution in [2.24, 2.45) is 0 Å². The summed E-state index contributed by atoms with van der Waals surface area (Å²) in [5.41, 5.74) is 15.2. The van der Waals surface area contributed by atoms with E-state index < -0.39 is 0 Å². The Morgan fingerprint density at radius 1 is 0.386 bits per heavy atom. The molecule has 268 valence electrons. The van der Waals surface area contributed by atoms with Crippen LogP contribution in [0.1, 0.15) is 0 Å². The highest BCUT2D eigenvalue weighted by Gasteiger charge is 2.25. The fourth-order valence-corrected chi connectivity index (χ4v) is 8.62. The number of para-hydroxylation sites is 4. The third-order valence-corrected chi connectivity index (χ3v) is 11.2. The minimum Gasteiger partial charge on any atom is -0.455 e. The zero-order chi connectivity index (χ0) is 37.7. The van der Waals surface area contributed by atoms with E-state index in [1.54, 1.807) is 0 Å². The van der Waals surface area contributed by atoms with Gasteiger partial charge in [-0.15, -0.1) is 0 Å². The minimum atomic E-state index is 0.888. The normalized spacial score (nSPS) is 11.5. The van der Waals surface area contributed by atoms with E-state index in [1.165, 1.54) is 16.5 Å². The summed E-state index contributed by atoms with van der Waals surface area (Å²) < 4.78 is 9.15. The summed E-state index contributed by atoms with van der Waals surface area (Å²) in [6.45, 7) is 0. The monoisotopic (exact) mass is 728 g/mol. The highest BCUT2D eigenvalue weighted by atomic mass is 16.3. The second-order valence-corrected chi connectivity index (χ2v) is 14.5. The Morgan fingerprint density at radius 3 is 1.61 bits per heavy atom. The van der Waals surface area contributed by atoms with Crippen molar-refractivity contribution in [3.63, 3.8) is 0 Å². The molecule has 0 aliphatic rings. The Labute approximate surface area is 330 Å². The first kappa shape index (κ1) is 32.8. The molecule has 3 heteroatoms. The van der Waals surface area contributed by atoms with Crippen molar-refractivity contribution in [1.29, 1.82) is 0 Å². The average molecular weight is 729 g/mol. The Kier molecular flexibility index (Phi) is 7.82. The molecule has 0 amide bonds. The van der Waals surface area contributed by atoms with Gasteiger partial charge in [-0.25, -0.2) is 0 Å². The summed E-state index contributed by atoms with van der Waals surface area (Å²) in [7, 11) is 0. The highest BCUT2D eigenvalue weighted by Crippen LogP contribution is 2.49. The summed E-state index contributed by atoms with van der Waals surface area (Å²) in [6, 6.07) is 78.1. The Hall–Kier alpha value is -7.62. The van der Waals surface area contributed by atoms with E-state index in [1.807, 2.05) is 6.07 Å². The zero-order valence-corrected chi connectivity index (χ0v) is 31.1. The van der Waals surface area contributed by atoms with E-state index in [0.29, 0.717) is 0 Å². The second kappa shape index (κ2) is 13.6. The van der Waals surface area contributed by atoms with Crippen LogP contribution in [0.15, 0.2) is 223 Å². The second-order valence-electron chi connectivity index (χ2n) is 14.5. The van der Waals surface area contributed by atoms with Gasteiger partial charge in [-0.05, 0) is 76.9 Å². The minimum absolute atomic E-state index is 0.888. The molecule has 0 N–H and O–H groups in total. The maximum Gasteiger partial charge on any atom is 0.143 e. The lowest BCUT2D eigenvalue weighted by atomic mass is 9.97. The van der Waals surface area contributed by atoms with Crippen LogP contribution in [0.2, 0.25) is 0 Å². The molecule has 0 fully saturated rings. The molecule has 9 aromatic carbocycles. The van der Waals surface area contributed by atoms with Crippen molar-refractivity contribution >= 4 is 60.8 Å². The number of furan rings is 1. The lowest BCUT2D eigenvalue weighted by Gasteiger charge is -2.28. The smallest absolute Gasteiger partial charge is 0.143 e. The molecular formula is C54H36N2O. The van der Waals surface area contributed by atoms with E-state index in [2.05, 4.69) is 222 Å². The maximum absolute atomic E-state index is 6.71. The number of fused-ring (bicyclic) bond motifs is 6. The molecule has 0 radical (unpaired) electrons. The van der Waals surface area contributed by atoms with Gasteiger partial charge in [0.05, 0.1) is 16.7 Å². The quantitative estimate of drug-likeness (QED) is 0.163. The van der Waals surface area contributed by atoms with Gasteiger partial charge >= 0.3 is 0 Å². The fourth-order valence-electron chi connectivity index (χ4n) is 8.62. The molecule has 11 rings (SSSR count). The van der Waals surface area contributed by atoms with Crippen LogP contribution < -0.4 is 4.90 Å². The Morgan fingerprint density at radius 2 is 0.930 bits per heavy atom. The summed E-state index contributed by atoms with van der Waals surface area (Å²) in [5.74, 6) is 0. The molecule has 0 bridgehead atoms. The molecule has 2 heterocycles. The molecule has 2 aromatic heterocycles. The van der Waals surface area contributed by atoms with Crippen molar-refractivity contribution in [3.8, 4) is 39.1 Å². The Bertz CT molecular complexity index is 3150. The fraction of sp³-hybridized carbons (Fsp3) is 0. The molecule has 0 saturated heterocycles. The van der Waals surface area contributed by atoms with Crippen LogP contribution in [0.5, 0.6) is 0 Å². The van der Waals surface area contributed by atoms with Gasteiger partial charge < -0.3 is 13.9 Å². The first-order valence-corrected chi connectivity index (χ1v) is 19.4. The number of hydrogen-bond acceptors (Lipinski definition) is 2. The number of hydrogen-bond donors (Lipinski definition) is 0. The maximum atomic E-state index is 6.71. The molecule has 0 atom stereocenters. The van der Waals surface area contributed by atoms with Crippen LogP contribution in [0.4, 0.5) is 17.1 Å². The summed E-state index contributed by atoms with van der Waals surface area (Å²) in [4.78, 5) is 2.44. The number of nitrogens with zero attached hydrogens (tertiary/aromatic N) is 2. The van der Waals surface area contributed by atoms with Gasteiger partial charge in [0, 0.05) is 49.7 Å². The lowest BCUT2D eigenvalue weighted by molar-refractivity contribution is 0.670. The first-order chi connectivity index (χ1) is 28.3. The van der Waals surface area contributed by atoms with Crippen molar-refractivity contribution < 1.29 is 4.42 Å². The highest BCUT2D eigenvalue weighted by molar-refractivity contribution is 6.22. The number of anilines is 3. The van der Waals surface area contributed by atoms with Crippen molar-refractivity contribution in [1.82, 2.24) is 4.57 Å². The van der Waals surface area contributed by atoms with Crippen molar-refractivity contribution in [2.75, 3.05) is 4.90 Å². The van der Waals surface area contributed by atoms with E-state index in [9.17, 15) is 0 Å². The third kappa shape index (κ3) is 5.51. The molecule has 57 heavy (non-hydrogen) atoms. The van der Waals surface area contributed by atoms with E-state index in [-0.39, 0.29) is 0 Å². The number of benzene rings is 9. The van der Waals surface area contributed by atoms with Crippen LogP contribution in [0.3, 0.4) is 0 Å². The van der Waals surface area contributed by atoms with Gasteiger partial charge in [-0.1, -0.05) is 164 Å². The topological polar surface area (TPSA) is 21.3 Å². The van der Waals surface area contributed by atoms with Gasteiger partial charge in [0.2, 0.25) is 0 Å². The SMILES string of the molecule is c1ccc(-c2cccc(N(c3cccc(-c4ccccc4)c3)c3ccc(-c4cccc5c4oc4ccccc45)c4c3c3ccccc3n4-c3ccccc3)c2)cc1. The molecule has 0 unspecified atom stereocenters.